The first-order chi connectivity index (χ1) is 15.8. The van der Waals surface area contributed by atoms with E-state index < -0.39 is 23.3 Å². The molecule has 2 aromatic rings. The highest BCUT2D eigenvalue weighted by molar-refractivity contribution is 5.94. The number of nitrogens with one attached hydrogen (secondary N) is 1. The molecule has 2 heterocycles. The van der Waals surface area contributed by atoms with Crippen LogP contribution in [0.15, 0.2) is 45.1 Å². The molecule has 1 unspecified atom stereocenters. The van der Waals surface area contributed by atoms with Crippen LogP contribution in [-0.2, 0) is 22.6 Å². The third kappa shape index (κ3) is 4.79. The predicted octanol–water partition coefficient (Wildman–Crippen LogP) is 4.14. The molecule has 7 nitrogen and oxygen atoms in total. The number of hydrogen-bond donors (Lipinski definition) is 1. The maximum absolute atomic E-state index is 13.7. The number of benzene rings is 1. The van der Waals surface area contributed by atoms with Gasteiger partial charge in [0.05, 0.1) is 23.7 Å². The lowest BCUT2D eigenvalue weighted by Gasteiger charge is -2.32. The van der Waals surface area contributed by atoms with Crippen LogP contribution in [0.1, 0.15) is 70.4 Å². The number of unbranched alkanes of at least 4 members (excludes halogenated alkanes) is 2. The third-order valence-corrected chi connectivity index (χ3v) is 5.92. The molecule has 0 amide bonds. The second kappa shape index (κ2) is 10.6. The lowest BCUT2D eigenvalue weighted by atomic mass is 9.82. The van der Waals surface area contributed by atoms with E-state index in [1.807, 2.05) is 13.8 Å². The molecule has 8 heteroatoms. The van der Waals surface area contributed by atoms with Crippen LogP contribution in [0.4, 0.5) is 10.2 Å². The van der Waals surface area contributed by atoms with E-state index in [1.54, 1.807) is 30.5 Å². The lowest BCUT2D eigenvalue weighted by molar-refractivity contribution is -0.138. The summed E-state index contributed by atoms with van der Waals surface area (Å²) >= 11 is 0. The van der Waals surface area contributed by atoms with E-state index in [0.29, 0.717) is 42.2 Å². The number of rotatable bonds is 9. The first-order valence-corrected chi connectivity index (χ1v) is 11.6. The molecule has 1 aromatic heterocycles. The molecular formula is C25H32FN3O4. The Bertz CT molecular complexity index is 1160. The smallest absolute Gasteiger partial charge is 0.336 e. The Kier molecular flexibility index (Phi) is 7.89. The summed E-state index contributed by atoms with van der Waals surface area (Å²) in [5.41, 5.74) is 0.885. The zero-order valence-corrected chi connectivity index (χ0v) is 19.7. The van der Waals surface area contributed by atoms with E-state index in [4.69, 9.17) is 4.74 Å². The van der Waals surface area contributed by atoms with E-state index in [2.05, 4.69) is 5.32 Å². The molecule has 0 saturated heterocycles. The topological polar surface area (TPSA) is 82.3 Å². The Hall–Kier alpha value is -3.16. The van der Waals surface area contributed by atoms with Crippen molar-refractivity contribution in [2.75, 3.05) is 11.9 Å². The van der Waals surface area contributed by atoms with Crippen LogP contribution in [0, 0.1) is 5.82 Å². The maximum Gasteiger partial charge on any atom is 0.336 e. The van der Waals surface area contributed by atoms with E-state index in [9.17, 15) is 18.8 Å². The van der Waals surface area contributed by atoms with Gasteiger partial charge in [-0.25, -0.2) is 14.0 Å². The number of halogens is 1. The van der Waals surface area contributed by atoms with E-state index in [0.717, 1.165) is 19.3 Å². The summed E-state index contributed by atoms with van der Waals surface area (Å²) in [5.74, 6) is -1.35. The number of hydrogen-bond acceptors (Lipinski definition) is 5. The standard InChI is InChI=1S/C25H32FN3O4/c1-5-8-14-28-22-21(23(30)29(25(28)32)15-9-6-2)20(17-10-12-18(26)13-11-17)19(16(4)27-22)24(31)33-7-3/h10-13,20,27H,5-9,14-15H2,1-4H3. The molecule has 33 heavy (non-hydrogen) atoms. The van der Waals surface area contributed by atoms with Crippen molar-refractivity contribution in [1.29, 1.82) is 0 Å². The maximum atomic E-state index is 13.7. The average molecular weight is 458 g/mol. The van der Waals surface area contributed by atoms with Gasteiger partial charge in [-0.3, -0.25) is 13.9 Å². The van der Waals surface area contributed by atoms with Gasteiger partial charge < -0.3 is 10.1 Å². The molecule has 3 rings (SSSR count). The number of esters is 1. The van der Waals surface area contributed by atoms with Crippen molar-refractivity contribution in [3.63, 3.8) is 0 Å². The Balaban J connectivity index is 2.36. The molecule has 1 aliphatic heterocycles. The second-order valence-corrected chi connectivity index (χ2v) is 8.23. The number of nitrogens with zero attached hydrogens (tertiary/aromatic N) is 2. The van der Waals surface area contributed by atoms with Crippen molar-refractivity contribution < 1.29 is 13.9 Å². The van der Waals surface area contributed by atoms with Crippen LogP contribution in [0.5, 0.6) is 0 Å². The first-order valence-electron chi connectivity index (χ1n) is 11.6. The highest BCUT2D eigenvalue weighted by Crippen LogP contribution is 2.40. The van der Waals surface area contributed by atoms with Gasteiger partial charge in [-0.05, 0) is 44.4 Å². The molecule has 1 atom stereocenters. The minimum Gasteiger partial charge on any atom is -0.463 e. The summed E-state index contributed by atoms with van der Waals surface area (Å²) < 4.78 is 21.9. The van der Waals surface area contributed by atoms with Gasteiger partial charge in [0.25, 0.3) is 5.56 Å². The van der Waals surface area contributed by atoms with Crippen molar-refractivity contribution >= 4 is 11.8 Å². The number of aromatic nitrogens is 2. The van der Waals surface area contributed by atoms with Gasteiger partial charge in [0.15, 0.2) is 0 Å². The molecule has 1 aliphatic rings. The van der Waals surface area contributed by atoms with Crippen LogP contribution in [0.3, 0.4) is 0 Å². The summed E-state index contributed by atoms with van der Waals surface area (Å²) in [6.07, 6.45) is 3.13. The van der Waals surface area contributed by atoms with Crippen LogP contribution in [0.25, 0.3) is 0 Å². The number of anilines is 1. The van der Waals surface area contributed by atoms with Gasteiger partial charge in [0.1, 0.15) is 11.6 Å². The quantitative estimate of drug-likeness (QED) is 0.572. The molecule has 1 aromatic carbocycles. The molecule has 0 fully saturated rings. The van der Waals surface area contributed by atoms with Crippen molar-refractivity contribution in [3.05, 3.63) is 73.3 Å². The monoisotopic (exact) mass is 457 g/mol. The van der Waals surface area contributed by atoms with E-state index >= 15 is 0 Å². The Morgan fingerprint density at radius 3 is 2.21 bits per heavy atom. The number of fused-ring (bicyclic) bond motifs is 1. The third-order valence-electron chi connectivity index (χ3n) is 5.92. The van der Waals surface area contributed by atoms with Crippen molar-refractivity contribution in [2.45, 2.75) is 72.4 Å². The van der Waals surface area contributed by atoms with Gasteiger partial charge in [-0.1, -0.05) is 38.8 Å². The average Bonchev–Trinajstić information content (AvgIpc) is 2.79. The summed E-state index contributed by atoms with van der Waals surface area (Å²) in [6, 6.07) is 5.74. The van der Waals surface area contributed by atoms with Crippen molar-refractivity contribution in [3.8, 4) is 0 Å². The van der Waals surface area contributed by atoms with Gasteiger partial charge in [0.2, 0.25) is 0 Å². The van der Waals surface area contributed by atoms with Gasteiger partial charge in [-0.15, -0.1) is 0 Å². The molecular weight excluding hydrogens is 425 g/mol. The Morgan fingerprint density at radius 1 is 1.03 bits per heavy atom. The predicted molar refractivity (Wildman–Crippen MR) is 126 cm³/mol. The summed E-state index contributed by atoms with van der Waals surface area (Å²) in [4.78, 5) is 40.0. The SMILES string of the molecule is CCCCn1c2c(c(=O)n(CCCC)c1=O)C(c1ccc(F)cc1)C(C(=O)OCC)=C(C)N2. The molecule has 0 bridgehead atoms. The Morgan fingerprint density at radius 2 is 1.64 bits per heavy atom. The lowest BCUT2D eigenvalue weighted by Crippen LogP contribution is -2.45. The van der Waals surface area contributed by atoms with Gasteiger partial charge in [0, 0.05) is 18.8 Å². The molecule has 0 radical (unpaired) electrons. The zero-order valence-electron chi connectivity index (χ0n) is 19.7. The highest BCUT2D eigenvalue weighted by atomic mass is 19.1. The Labute approximate surface area is 192 Å². The van der Waals surface area contributed by atoms with Crippen LogP contribution in [0.2, 0.25) is 0 Å². The van der Waals surface area contributed by atoms with Crippen molar-refractivity contribution in [2.24, 2.45) is 0 Å². The number of allylic oxidation sites excluding steroid dienone is 1. The molecule has 178 valence electrons. The van der Waals surface area contributed by atoms with Gasteiger partial charge >= 0.3 is 11.7 Å². The number of carbonyl (C=O) groups is 1. The number of carbonyl (C=O) groups excluding carboxylic acids is 1. The second-order valence-electron chi connectivity index (χ2n) is 8.23. The fourth-order valence-corrected chi connectivity index (χ4v) is 4.23. The minimum absolute atomic E-state index is 0.176. The number of ether oxygens (including phenoxy) is 1. The normalized spacial score (nSPS) is 15.2. The van der Waals surface area contributed by atoms with Crippen molar-refractivity contribution in [1.82, 2.24) is 9.13 Å². The fourth-order valence-electron chi connectivity index (χ4n) is 4.23. The first kappa shape index (κ1) is 24.5. The largest absolute Gasteiger partial charge is 0.463 e. The van der Waals surface area contributed by atoms with E-state index in [1.165, 1.54) is 16.7 Å². The van der Waals surface area contributed by atoms with Gasteiger partial charge in [-0.2, -0.15) is 0 Å². The molecule has 0 saturated carbocycles. The fraction of sp³-hybridized carbons (Fsp3) is 0.480. The summed E-state index contributed by atoms with van der Waals surface area (Å²) in [5, 5.41) is 3.16. The van der Waals surface area contributed by atoms with Crippen LogP contribution >= 0.6 is 0 Å². The molecule has 1 N–H and O–H groups in total. The molecule has 0 aliphatic carbocycles. The molecule has 0 spiro atoms. The summed E-state index contributed by atoms with van der Waals surface area (Å²) in [6.45, 7) is 8.37. The van der Waals surface area contributed by atoms with Crippen LogP contribution in [-0.4, -0.2) is 21.7 Å². The zero-order chi connectivity index (χ0) is 24.1. The van der Waals surface area contributed by atoms with E-state index in [-0.39, 0.29) is 17.9 Å². The van der Waals surface area contributed by atoms with Crippen LogP contribution < -0.4 is 16.6 Å². The minimum atomic E-state index is -0.783. The highest BCUT2D eigenvalue weighted by Gasteiger charge is 2.37. The summed E-state index contributed by atoms with van der Waals surface area (Å²) in [7, 11) is 0.